The van der Waals surface area contributed by atoms with Crippen molar-refractivity contribution in [3.05, 3.63) is 93.5 Å². The maximum atomic E-state index is 13.2. The molecule has 2 aromatic carbocycles. The Labute approximate surface area is 190 Å². The zero-order valence-electron chi connectivity index (χ0n) is 18.4. The summed E-state index contributed by atoms with van der Waals surface area (Å²) in [6.07, 6.45) is 0.508. The van der Waals surface area contributed by atoms with Crippen LogP contribution in [0.25, 0.3) is 5.69 Å². The fourth-order valence-electron chi connectivity index (χ4n) is 3.52. The molecule has 3 aromatic rings. The normalized spacial score (nSPS) is 12.0. The number of benzene rings is 2. The number of carboxylic acid groups (broad SMARTS) is 1. The molecule has 1 aromatic heterocycles. The summed E-state index contributed by atoms with van der Waals surface area (Å²) in [5.41, 5.74) is 7.47. The molecule has 0 radical (unpaired) electrons. The molecule has 0 bridgehead atoms. The van der Waals surface area contributed by atoms with E-state index in [0.29, 0.717) is 18.7 Å². The molecule has 7 nitrogen and oxygen atoms in total. The van der Waals surface area contributed by atoms with Gasteiger partial charge in [0.1, 0.15) is 17.7 Å². The fourth-order valence-corrected chi connectivity index (χ4v) is 3.52. The third-order valence-electron chi connectivity index (χ3n) is 5.23. The fraction of sp³-hybridized carbons (Fsp3) is 0.240. The summed E-state index contributed by atoms with van der Waals surface area (Å²) in [7, 11) is 0. The minimum absolute atomic E-state index is 0.0226. The summed E-state index contributed by atoms with van der Waals surface area (Å²) < 4.78 is 14.4. The molecule has 0 saturated heterocycles. The maximum absolute atomic E-state index is 13.2. The van der Waals surface area contributed by atoms with Gasteiger partial charge in [0.2, 0.25) is 0 Å². The Morgan fingerprint density at radius 3 is 2.24 bits per heavy atom. The van der Waals surface area contributed by atoms with Gasteiger partial charge in [-0.1, -0.05) is 26.0 Å². The van der Waals surface area contributed by atoms with Crippen molar-refractivity contribution in [2.45, 2.75) is 32.9 Å². The van der Waals surface area contributed by atoms with E-state index in [9.17, 15) is 23.9 Å². The molecule has 0 unspecified atom stereocenters. The van der Waals surface area contributed by atoms with E-state index in [4.69, 9.17) is 5.73 Å². The van der Waals surface area contributed by atoms with Crippen LogP contribution in [0, 0.1) is 11.7 Å². The molecule has 0 fully saturated rings. The average molecular weight is 451 g/mol. The van der Waals surface area contributed by atoms with E-state index in [1.54, 1.807) is 24.3 Å². The first-order valence-corrected chi connectivity index (χ1v) is 10.5. The second-order valence-electron chi connectivity index (χ2n) is 8.21. The number of nitrogens with zero attached hydrogens (tertiary/aromatic N) is 1. The summed E-state index contributed by atoms with van der Waals surface area (Å²) in [4.78, 5) is 36.8. The van der Waals surface area contributed by atoms with E-state index in [1.165, 1.54) is 41.0 Å². The smallest absolute Gasteiger partial charge is 0.320 e. The predicted molar refractivity (Wildman–Crippen MR) is 124 cm³/mol. The first-order chi connectivity index (χ1) is 15.7. The van der Waals surface area contributed by atoms with Gasteiger partial charge in [-0.05, 0) is 60.4 Å². The zero-order valence-corrected chi connectivity index (χ0v) is 18.4. The summed E-state index contributed by atoms with van der Waals surface area (Å²) in [6, 6.07) is 13.9. The van der Waals surface area contributed by atoms with Gasteiger partial charge in [0, 0.05) is 18.2 Å². The van der Waals surface area contributed by atoms with Gasteiger partial charge < -0.3 is 16.2 Å². The van der Waals surface area contributed by atoms with Crippen LogP contribution in [0.15, 0.2) is 65.5 Å². The van der Waals surface area contributed by atoms with Crippen molar-refractivity contribution >= 4 is 17.6 Å². The Hall–Kier alpha value is -3.78. The minimum Gasteiger partial charge on any atom is -0.480 e. The van der Waals surface area contributed by atoms with Gasteiger partial charge in [-0.25, -0.2) is 4.39 Å². The number of nitrogens with two attached hydrogens (primary N) is 1. The molecule has 1 heterocycles. The van der Waals surface area contributed by atoms with E-state index in [0.717, 1.165) is 5.56 Å². The standard InChI is InChI=1S/C25H26FN3O4/c1-15(2)13-21(25(32)33)28-14-16-3-9-19(10-4-16)29-22(30)12-11-20(24(29)27)23(31)17-5-7-18(26)8-6-17/h3-12,15,21,28H,13-14,27H2,1-2H3,(H,32,33)/t21-/m0/s1. The van der Waals surface area contributed by atoms with E-state index < -0.39 is 29.2 Å². The lowest BCUT2D eigenvalue weighted by molar-refractivity contribution is -0.140. The van der Waals surface area contributed by atoms with Crippen molar-refractivity contribution in [1.82, 2.24) is 9.88 Å². The number of rotatable bonds is 9. The minimum atomic E-state index is -0.901. The monoisotopic (exact) mass is 451 g/mol. The van der Waals surface area contributed by atoms with Gasteiger partial charge in [0.05, 0.1) is 11.3 Å². The largest absolute Gasteiger partial charge is 0.480 e. The molecule has 172 valence electrons. The second-order valence-corrected chi connectivity index (χ2v) is 8.21. The number of aliphatic carboxylic acids is 1. The Kier molecular flexibility index (Phi) is 7.40. The number of aromatic nitrogens is 1. The number of halogens is 1. The summed E-state index contributed by atoms with van der Waals surface area (Å²) in [5, 5.41) is 12.4. The number of anilines is 1. The third kappa shape index (κ3) is 5.72. The van der Waals surface area contributed by atoms with Gasteiger partial charge >= 0.3 is 5.97 Å². The highest BCUT2D eigenvalue weighted by molar-refractivity contribution is 6.11. The Balaban J connectivity index is 1.84. The Morgan fingerprint density at radius 2 is 1.67 bits per heavy atom. The first-order valence-electron chi connectivity index (χ1n) is 10.5. The Morgan fingerprint density at radius 1 is 1.03 bits per heavy atom. The van der Waals surface area contributed by atoms with Crippen molar-refractivity contribution < 1.29 is 19.1 Å². The number of hydrogen-bond donors (Lipinski definition) is 3. The van der Waals surface area contributed by atoms with Crippen LogP contribution in [0.4, 0.5) is 10.2 Å². The van der Waals surface area contributed by atoms with Crippen molar-refractivity contribution in [3.63, 3.8) is 0 Å². The number of carboxylic acids is 1. The second kappa shape index (κ2) is 10.2. The van der Waals surface area contributed by atoms with Crippen molar-refractivity contribution in [2.75, 3.05) is 5.73 Å². The number of nitrogen functional groups attached to an aromatic ring is 1. The van der Waals surface area contributed by atoms with Crippen LogP contribution in [0.1, 0.15) is 41.8 Å². The maximum Gasteiger partial charge on any atom is 0.320 e. The van der Waals surface area contributed by atoms with Gasteiger partial charge in [0.15, 0.2) is 5.78 Å². The number of hydrogen-bond acceptors (Lipinski definition) is 5. The van der Waals surface area contributed by atoms with Gasteiger partial charge in [-0.3, -0.25) is 19.0 Å². The molecule has 33 heavy (non-hydrogen) atoms. The molecular formula is C25H26FN3O4. The van der Waals surface area contributed by atoms with Crippen LogP contribution in [0.5, 0.6) is 0 Å². The average Bonchev–Trinajstić information content (AvgIpc) is 2.77. The molecule has 0 aliphatic rings. The van der Waals surface area contributed by atoms with Crippen LogP contribution in [0.2, 0.25) is 0 Å². The molecular weight excluding hydrogens is 425 g/mol. The van der Waals surface area contributed by atoms with E-state index >= 15 is 0 Å². The Bertz CT molecular complexity index is 1200. The van der Waals surface area contributed by atoms with Crippen LogP contribution in [-0.4, -0.2) is 27.5 Å². The summed E-state index contributed by atoms with van der Waals surface area (Å²) in [5.74, 6) is -1.57. The lowest BCUT2D eigenvalue weighted by Crippen LogP contribution is -2.37. The lowest BCUT2D eigenvalue weighted by atomic mass is 10.0. The molecule has 0 spiro atoms. The van der Waals surface area contributed by atoms with Crippen LogP contribution >= 0.6 is 0 Å². The molecule has 4 N–H and O–H groups in total. The predicted octanol–water partition coefficient (Wildman–Crippen LogP) is 3.38. The van der Waals surface area contributed by atoms with Crippen molar-refractivity contribution in [3.8, 4) is 5.69 Å². The highest BCUT2D eigenvalue weighted by Crippen LogP contribution is 2.19. The van der Waals surface area contributed by atoms with Crippen molar-refractivity contribution in [2.24, 2.45) is 5.92 Å². The van der Waals surface area contributed by atoms with Gasteiger partial charge in [-0.2, -0.15) is 0 Å². The zero-order chi connectivity index (χ0) is 24.1. The number of pyridine rings is 1. The summed E-state index contributed by atoms with van der Waals surface area (Å²) in [6.45, 7) is 4.27. The van der Waals surface area contributed by atoms with E-state index in [2.05, 4.69) is 5.32 Å². The SMILES string of the molecule is CC(C)C[C@H](NCc1ccc(-n2c(N)c(C(=O)c3ccc(F)cc3)ccc2=O)cc1)C(=O)O. The number of ketones is 1. The molecule has 0 amide bonds. The van der Waals surface area contributed by atoms with Crippen molar-refractivity contribution in [1.29, 1.82) is 0 Å². The number of nitrogens with one attached hydrogen (secondary N) is 1. The van der Waals surface area contributed by atoms with Crippen LogP contribution < -0.4 is 16.6 Å². The molecule has 1 atom stereocenters. The quantitative estimate of drug-likeness (QED) is 0.430. The number of carbonyl (C=O) groups excluding carboxylic acids is 1. The van der Waals surface area contributed by atoms with Crippen LogP contribution in [-0.2, 0) is 11.3 Å². The molecule has 0 aliphatic heterocycles. The first kappa shape index (κ1) is 23.9. The lowest BCUT2D eigenvalue weighted by Gasteiger charge is -2.17. The highest BCUT2D eigenvalue weighted by Gasteiger charge is 2.19. The van der Waals surface area contributed by atoms with Gasteiger partial charge in [-0.15, -0.1) is 0 Å². The van der Waals surface area contributed by atoms with Gasteiger partial charge in [0.25, 0.3) is 5.56 Å². The highest BCUT2D eigenvalue weighted by atomic mass is 19.1. The molecule has 8 heteroatoms. The number of carbonyl (C=O) groups is 2. The summed E-state index contributed by atoms with van der Waals surface area (Å²) >= 11 is 0. The van der Waals surface area contributed by atoms with E-state index in [1.807, 2.05) is 13.8 Å². The van der Waals surface area contributed by atoms with Crippen LogP contribution in [0.3, 0.4) is 0 Å². The van der Waals surface area contributed by atoms with E-state index in [-0.39, 0.29) is 22.9 Å². The third-order valence-corrected chi connectivity index (χ3v) is 5.23. The molecule has 0 aliphatic carbocycles. The topological polar surface area (TPSA) is 114 Å². The molecule has 3 rings (SSSR count). The molecule has 0 saturated carbocycles.